The number of carboxylic acid groups (broad SMARTS) is 1. The lowest BCUT2D eigenvalue weighted by Crippen LogP contribution is -2.57. The Bertz CT molecular complexity index is 416. The van der Waals surface area contributed by atoms with Crippen molar-refractivity contribution in [2.75, 3.05) is 0 Å². The van der Waals surface area contributed by atoms with Gasteiger partial charge in [-0.3, -0.25) is 4.68 Å². The number of nitrogens with two attached hydrogens (primary N) is 1. The largest absolute Gasteiger partial charge is 0.479 e. The number of hydrogen-bond donors (Lipinski definition) is 2. The molecule has 3 N–H and O–H groups in total. The Balaban J connectivity index is 3.33. The second-order valence-electron chi connectivity index (χ2n) is 3.55. The molecular weight excluding hydrogens is 239 g/mol. The van der Waals surface area contributed by atoms with E-state index >= 15 is 0 Å². The Kier molecular flexibility index (Phi) is 3.46. The average Bonchev–Trinajstić information content (AvgIpc) is 2.63. The van der Waals surface area contributed by atoms with Crippen LogP contribution in [0.3, 0.4) is 0 Å². The third kappa shape index (κ3) is 2.12. The van der Waals surface area contributed by atoms with Crippen LogP contribution in [0.5, 0.6) is 0 Å². The first kappa shape index (κ1) is 13.5. The van der Waals surface area contributed by atoms with Crippen molar-refractivity contribution in [1.82, 2.24) is 9.78 Å². The summed E-state index contributed by atoms with van der Waals surface area (Å²) in [6.07, 6.45) is -3.48. The third-order valence-corrected chi connectivity index (χ3v) is 2.34. The van der Waals surface area contributed by atoms with Gasteiger partial charge in [0.05, 0.1) is 5.69 Å². The van der Waals surface area contributed by atoms with Gasteiger partial charge in [0.1, 0.15) is 0 Å². The summed E-state index contributed by atoms with van der Waals surface area (Å²) in [4.78, 5) is 10.8. The van der Waals surface area contributed by atoms with E-state index < -0.39 is 23.4 Å². The molecule has 1 aromatic rings. The number of rotatable bonds is 4. The SMILES string of the molecule is CCCn1nccc1C(N)(C(=O)O)C(F)(F)F. The lowest BCUT2D eigenvalue weighted by Gasteiger charge is -2.27. The highest BCUT2D eigenvalue weighted by Crippen LogP contribution is 2.36. The van der Waals surface area contributed by atoms with Crippen molar-refractivity contribution in [2.45, 2.75) is 31.6 Å². The number of aliphatic carboxylic acids is 1. The van der Waals surface area contributed by atoms with Crippen LogP contribution >= 0.6 is 0 Å². The van der Waals surface area contributed by atoms with Crippen LogP contribution in [0.15, 0.2) is 12.3 Å². The molecule has 0 aromatic carbocycles. The van der Waals surface area contributed by atoms with Gasteiger partial charge in [0.2, 0.25) is 0 Å². The molecule has 1 unspecified atom stereocenters. The molecule has 1 aromatic heterocycles. The summed E-state index contributed by atoms with van der Waals surface area (Å²) < 4.78 is 39.3. The summed E-state index contributed by atoms with van der Waals surface area (Å²) >= 11 is 0. The Morgan fingerprint density at radius 1 is 1.59 bits per heavy atom. The van der Waals surface area contributed by atoms with Crippen LogP contribution in [0.25, 0.3) is 0 Å². The Morgan fingerprint density at radius 2 is 2.18 bits per heavy atom. The maximum absolute atomic E-state index is 12.8. The molecule has 1 heterocycles. The fraction of sp³-hybridized carbons (Fsp3) is 0.556. The first-order valence-electron chi connectivity index (χ1n) is 4.86. The van der Waals surface area contributed by atoms with Gasteiger partial charge in [-0.15, -0.1) is 0 Å². The average molecular weight is 251 g/mol. The fourth-order valence-electron chi connectivity index (χ4n) is 1.43. The highest BCUT2D eigenvalue weighted by molar-refractivity contribution is 5.81. The second-order valence-corrected chi connectivity index (χ2v) is 3.55. The van der Waals surface area contributed by atoms with E-state index in [0.717, 1.165) is 16.9 Å². The van der Waals surface area contributed by atoms with Crippen molar-refractivity contribution in [2.24, 2.45) is 5.73 Å². The van der Waals surface area contributed by atoms with Crippen LogP contribution in [0.2, 0.25) is 0 Å². The van der Waals surface area contributed by atoms with Crippen molar-refractivity contribution < 1.29 is 23.1 Å². The van der Waals surface area contributed by atoms with Crippen LogP contribution < -0.4 is 5.73 Å². The van der Waals surface area contributed by atoms with Crippen LogP contribution in [0, 0.1) is 0 Å². The number of carbonyl (C=O) groups is 1. The molecule has 96 valence electrons. The van der Waals surface area contributed by atoms with Gasteiger partial charge in [-0.05, 0) is 12.5 Å². The molecule has 0 saturated carbocycles. The van der Waals surface area contributed by atoms with Crippen molar-refractivity contribution in [1.29, 1.82) is 0 Å². The summed E-state index contributed by atoms with van der Waals surface area (Å²) in [5.41, 5.74) is 1.03. The normalized spacial score (nSPS) is 15.6. The van der Waals surface area contributed by atoms with Gasteiger partial charge in [0.15, 0.2) is 0 Å². The van der Waals surface area contributed by atoms with E-state index in [9.17, 15) is 18.0 Å². The lowest BCUT2D eigenvalue weighted by molar-refractivity contribution is -0.206. The number of aromatic nitrogens is 2. The maximum atomic E-state index is 12.8. The Hall–Kier alpha value is -1.57. The zero-order valence-corrected chi connectivity index (χ0v) is 9.03. The van der Waals surface area contributed by atoms with E-state index in [1.54, 1.807) is 6.92 Å². The number of halogens is 3. The minimum atomic E-state index is -5.09. The molecule has 0 saturated heterocycles. The molecule has 0 aliphatic heterocycles. The highest BCUT2D eigenvalue weighted by Gasteiger charge is 2.61. The second kappa shape index (κ2) is 4.36. The summed E-state index contributed by atoms with van der Waals surface area (Å²) in [6, 6.07) is 0.970. The van der Waals surface area contributed by atoms with Crippen LogP contribution in [-0.2, 0) is 16.9 Å². The number of hydrogen-bond acceptors (Lipinski definition) is 3. The highest BCUT2D eigenvalue weighted by atomic mass is 19.4. The maximum Gasteiger partial charge on any atom is 0.423 e. The molecule has 17 heavy (non-hydrogen) atoms. The summed E-state index contributed by atoms with van der Waals surface area (Å²) in [5.74, 6) is -2.15. The molecule has 1 atom stereocenters. The van der Waals surface area contributed by atoms with Gasteiger partial charge in [-0.2, -0.15) is 18.3 Å². The molecule has 0 amide bonds. The minimum absolute atomic E-state index is 0.171. The zero-order chi connectivity index (χ0) is 13.3. The van der Waals surface area contributed by atoms with Gasteiger partial charge in [0, 0.05) is 12.7 Å². The molecule has 1 rings (SSSR count). The molecule has 0 bridgehead atoms. The van der Waals surface area contributed by atoms with Gasteiger partial charge in [-0.1, -0.05) is 6.92 Å². The molecule has 0 aliphatic rings. The monoisotopic (exact) mass is 251 g/mol. The minimum Gasteiger partial charge on any atom is -0.479 e. The smallest absolute Gasteiger partial charge is 0.423 e. The molecule has 5 nitrogen and oxygen atoms in total. The quantitative estimate of drug-likeness (QED) is 0.839. The Morgan fingerprint density at radius 3 is 2.59 bits per heavy atom. The molecule has 0 fully saturated rings. The van der Waals surface area contributed by atoms with Crippen LogP contribution in [-0.4, -0.2) is 27.0 Å². The van der Waals surface area contributed by atoms with E-state index in [1.165, 1.54) is 0 Å². The molecule has 8 heteroatoms. The van der Waals surface area contributed by atoms with Gasteiger partial charge in [0.25, 0.3) is 5.54 Å². The fourth-order valence-corrected chi connectivity index (χ4v) is 1.43. The number of alkyl halides is 3. The summed E-state index contributed by atoms with van der Waals surface area (Å²) in [6.45, 7) is 1.91. The van der Waals surface area contributed by atoms with Crippen LogP contribution in [0.1, 0.15) is 19.0 Å². The summed E-state index contributed by atoms with van der Waals surface area (Å²) in [7, 11) is 0. The van der Waals surface area contributed by atoms with Gasteiger partial charge < -0.3 is 10.8 Å². The first-order valence-corrected chi connectivity index (χ1v) is 4.86. The lowest BCUT2D eigenvalue weighted by atomic mass is 9.95. The van der Waals surface area contributed by atoms with E-state index in [1.807, 2.05) is 0 Å². The molecule has 0 spiro atoms. The van der Waals surface area contributed by atoms with Crippen molar-refractivity contribution >= 4 is 5.97 Å². The van der Waals surface area contributed by atoms with E-state index in [-0.39, 0.29) is 6.54 Å². The third-order valence-electron chi connectivity index (χ3n) is 2.34. The molecular formula is C9H12F3N3O2. The molecule has 0 aliphatic carbocycles. The first-order chi connectivity index (χ1) is 7.75. The number of carboxylic acids is 1. The molecule has 0 radical (unpaired) electrons. The predicted octanol–water partition coefficient (Wildman–Crippen LogP) is 1.09. The van der Waals surface area contributed by atoms with Gasteiger partial charge >= 0.3 is 12.1 Å². The van der Waals surface area contributed by atoms with Crippen molar-refractivity contribution in [3.63, 3.8) is 0 Å². The number of nitrogens with zero attached hydrogens (tertiary/aromatic N) is 2. The predicted molar refractivity (Wildman–Crippen MR) is 52.1 cm³/mol. The van der Waals surface area contributed by atoms with E-state index in [4.69, 9.17) is 10.8 Å². The topological polar surface area (TPSA) is 81.1 Å². The zero-order valence-electron chi connectivity index (χ0n) is 9.03. The Labute approximate surface area is 95.0 Å². The van der Waals surface area contributed by atoms with Crippen molar-refractivity contribution in [3.8, 4) is 0 Å². The number of aryl methyl sites for hydroxylation is 1. The van der Waals surface area contributed by atoms with Gasteiger partial charge in [-0.25, -0.2) is 4.79 Å². The van der Waals surface area contributed by atoms with Crippen LogP contribution in [0.4, 0.5) is 13.2 Å². The van der Waals surface area contributed by atoms with E-state index in [0.29, 0.717) is 6.42 Å². The standard InChI is InChI=1S/C9H12F3N3O2/c1-2-5-15-6(3-4-14-15)8(13,7(16)17)9(10,11)12/h3-4H,2,5,13H2,1H3,(H,16,17). The van der Waals surface area contributed by atoms with E-state index in [2.05, 4.69) is 5.10 Å². The van der Waals surface area contributed by atoms with Crippen molar-refractivity contribution in [3.05, 3.63) is 18.0 Å². The summed E-state index contributed by atoms with van der Waals surface area (Å²) in [5, 5.41) is 12.4.